The fraction of sp³-hybridized carbons (Fsp3) is 0.105. The summed E-state index contributed by atoms with van der Waals surface area (Å²) in [4.78, 5) is 22.8. The van der Waals surface area contributed by atoms with E-state index in [-0.39, 0.29) is 21.4 Å². The summed E-state index contributed by atoms with van der Waals surface area (Å²) in [5.74, 6) is -2.04. The largest absolute Gasteiger partial charge is 0.546 e. The molecular weight excluding hydrogens is 391 g/mol. The van der Waals surface area contributed by atoms with Crippen molar-refractivity contribution in [2.75, 3.05) is 11.9 Å². The number of anilines is 1. The highest BCUT2D eigenvalue weighted by Crippen LogP contribution is 2.34. The van der Waals surface area contributed by atoms with E-state index in [2.05, 4.69) is 5.32 Å². The number of carboxylic acids is 1. The molecule has 0 radical (unpaired) electrons. The van der Waals surface area contributed by atoms with Crippen LogP contribution in [0.25, 0.3) is 6.08 Å². The molecule has 0 heterocycles. The molecule has 0 bridgehead atoms. The SMILES string of the molecule is Cc1cccc(NC(=O)/C(C#N)=C/c2cc(Cl)c(OCC(=O)[O-])c(Cl)c2)c1. The second kappa shape index (κ2) is 9.08. The van der Waals surface area contributed by atoms with Crippen molar-refractivity contribution in [2.24, 2.45) is 0 Å². The normalized spacial score (nSPS) is 10.8. The number of benzene rings is 2. The first-order valence-corrected chi connectivity index (χ1v) is 8.37. The van der Waals surface area contributed by atoms with Crippen LogP contribution in [0.5, 0.6) is 5.75 Å². The highest BCUT2D eigenvalue weighted by Gasteiger charge is 2.13. The molecule has 2 aromatic rings. The first-order valence-electron chi connectivity index (χ1n) is 7.61. The highest BCUT2D eigenvalue weighted by atomic mass is 35.5. The maximum Gasteiger partial charge on any atom is 0.266 e. The van der Waals surface area contributed by atoms with E-state index in [0.717, 1.165) is 5.56 Å². The molecule has 1 amide bonds. The molecule has 0 saturated carbocycles. The Labute approximate surface area is 165 Å². The van der Waals surface area contributed by atoms with Crippen molar-refractivity contribution >= 4 is 46.8 Å². The van der Waals surface area contributed by atoms with Crippen molar-refractivity contribution < 1.29 is 19.4 Å². The average molecular weight is 404 g/mol. The Kier molecular flexibility index (Phi) is 6.83. The van der Waals surface area contributed by atoms with Gasteiger partial charge in [-0.15, -0.1) is 0 Å². The second-order valence-corrected chi connectivity index (χ2v) is 6.28. The molecule has 0 fully saturated rings. The van der Waals surface area contributed by atoms with Gasteiger partial charge in [-0.3, -0.25) is 4.79 Å². The lowest BCUT2D eigenvalue weighted by Gasteiger charge is -2.11. The topological polar surface area (TPSA) is 102 Å². The molecule has 0 saturated heterocycles. The second-order valence-electron chi connectivity index (χ2n) is 5.47. The minimum atomic E-state index is -1.43. The van der Waals surface area contributed by atoms with Gasteiger partial charge in [0.05, 0.1) is 16.0 Å². The van der Waals surface area contributed by atoms with E-state index in [0.29, 0.717) is 11.3 Å². The molecule has 0 atom stereocenters. The van der Waals surface area contributed by atoms with Crippen LogP contribution in [0.4, 0.5) is 5.69 Å². The smallest absolute Gasteiger partial charge is 0.266 e. The number of nitrogens with zero attached hydrogens (tertiary/aromatic N) is 1. The molecule has 1 N–H and O–H groups in total. The number of halogens is 2. The lowest BCUT2D eigenvalue weighted by Crippen LogP contribution is -2.29. The average Bonchev–Trinajstić information content (AvgIpc) is 2.58. The number of carbonyl (C=O) groups is 2. The van der Waals surface area contributed by atoms with E-state index in [1.807, 2.05) is 19.1 Å². The molecule has 6 nitrogen and oxygen atoms in total. The van der Waals surface area contributed by atoms with Crippen molar-refractivity contribution in [3.63, 3.8) is 0 Å². The Morgan fingerprint density at radius 2 is 1.93 bits per heavy atom. The standard InChI is InChI=1S/C19H14Cl2N2O4/c1-11-3-2-4-14(5-11)23-19(26)13(9-22)6-12-7-15(20)18(16(21)8-12)27-10-17(24)25/h2-8H,10H2,1H3,(H,23,26)(H,24,25)/p-1/b13-6+. The summed E-state index contributed by atoms with van der Waals surface area (Å²) in [6.45, 7) is 1.17. The highest BCUT2D eigenvalue weighted by molar-refractivity contribution is 6.37. The molecular formula is C19H13Cl2N2O4-. The third-order valence-electron chi connectivity index (χ3n) is 3.31. The van der Waals surface area contributed by atoms with E-state index < -0.39 is 18.5 Å². The van der Waals surface area contributed by atoms with Crippen molar-refractivity contribution in [2.45, 2.75) is 6.92 Å². The summed E-state index contributed by atoms with van der Waals surface area (Å²) in [5.41, 5.74) is 1.73. The summed E-state index contributed by atoms with van der Waals surface area (Å²) < 4.78 is 4.96. The quantitative estimate of drug-likeness (QED) is 0.589. The summed E-state index contributed by atoms with van der Waals surface area (Å²) in [7, 11) is 0. The third-order valence-corrected chi connectivity index (χ3v) is 3.87. The van der Waals surface area contributed by atoms with Gasteiger partial charge >= 0.3 is 0 Å². The van der Waals surface area contributed by atoms with E-state index >= 15 is 0 Å². The maximum atomic E-state index is 12.3. The number of carbonyl (C=O) groups excluding carboxylic acids is 2. The number of nitriles is 1. The molecule has 8 heteroatoms. The zero-order valence-electron chi connectivity index (χ0n) is 14.1. The molecule has 2 rings (SSSR count). The van der Waals surface area contributed by atoms with Crippen molar-refractivity contribution in [1.82, 2.24) is 0 Å². The van der Waals surface area contributed by atoms with Crippen LogP contribution in [0.3, 0.4) is 0 Å². The Balaban J connectivity index is 2.25. The van der Waals surface area contributed by atoms with Crippen LogP contribution in [-0.2, 0) is 9.59 Å². The van der Waals surface area contributed by atoms with Gasteiger partial charge < -0.3 is 20.0 Å². The lowest BCUT2D eigenvalue weighted by atomic mass is 10.1. The van der Waals surface area contributed by atoms with Crippen LogP contribution < -0.4 is 15.2 Å². The number of aliphatic carboxylic acids is 1. The fourth-order valence-electron chi connectivity index (χ4n) is 2.17. The number of hydrogen-bond acceptors (Lipinski definition) is 5. The van der Waals surface area contributed by atoms with Crippen molar-refractivity contribution in [3.05, 3.63) is 63.1 Å². The van der Waals surface area contributed by atoms with Crippen molar-refractivity contribution in [3.8, 4) is 11.8 Å². The van der Waals surface area contributed by atoms with Crippen LogP contribution in [0.2, 0.25) is 10.0 Å². The fourth-order valence-corrected chi connectivity index (χ4v) is 2.78. The number of rotatable bonds is 6. The van der Waals surface area contributed by atoms with E-state index in [4.69, 9.17) is 27.9 Å². The number of amides is 1. The summed E-state index contributed by atoms with van der Waals surface area (Å²) >= 11 is 12.1. The molecule has 0 aliphatic heterocycles. The van der Waals surface area contributed by atoms with Gasteiger partial charge in [0.1, 0.15) is 18.2 Å². The summed E-state index contributed by atoms with van der Waals surface area (Å²) in [6.07, 6.45) is 1.31. The van der Waals surface area contributed by atoms with E-state index in [9.17, 15) is 20.0 Å². The molecule has 138 valence electrons. The molecule has 0 unspecified atom stereocenters. The number of nitrogens with one attached hydrogen (secondary N) is 1. The number of ether oxygens (including phenoxy) is 1. The molecule has 0 spiro atoms. The van der Waals surface area contributed by atoms with E-state index in [1.54, 1.807) is 18.2 Å². The maximum absolute atomic E-state index is 12.3. The third kappa shape index (κ3) is 5.74. The Hall–Kier alpha value is -3.01. The van der Waals surface area contributed by atoms with Gasteiger partial charge in [0, 0.05) is 5.69 Å². The molecule has 27 heavy (non-hydrogen) atoms. The minimum absolute atomic E-state index is 0.0256. The van der Waals surface area contributed by atoms with Gasteiger partial charge in [-0.2, -0.15) is 5.26 Å². The molecule has 0 aliphatic carbocycles. The van der Waals surface area contributed by atoms with Gasteiger partial charge in [0.2, 0.25) is 0 Å². The predicted octanol–water partition coefficient (Wildman–Crippen LogP) is 2.98. The summed E-state index contributed by atoms with van der Waals surface area (Å²) in [5, 5.41) is 22.5. The van der Waals surface area contributed by atoms with Gasteiger partial charge in [-0.1, -0.05) is 35.3 Å². The number of aryl methyl sites for hydroxylation is 1. The first-order chi connectivity index (χ1) is 12.8. The van der Waals surface area contributed by atoms with Crippen LogP contribution in [0.15, 0.2) is 42.0 Å². The van der Waals surface area contributed by atoms with Crippen LogP contribution >= 0.6 is 23.2 Å². The van der Waals surface area contributed by atoms with Crippen molar-refractivity contribution in [1.29, 1.82) is 5.26 Å². The number of carboxylic acid groups (broad SMARTS) is 1. The minimum Gasteiger partial charge on any atom is -0.546 e. The lowest BCUT2D eigenvalue weighted by molar-refractivity contribution is -0.307. The Morgan fingerprint density at radius 1 is 1.26 bits per heavy atom. The number of hydrogen-bond donors (Lipinski definition) is 1. The molecule has 2 aromatic carbocycles. The van der Waals surface area contributed by atoms with Crippen LogP contribution in [0, 0.1) is 18.3 Å². The van der Waals surface area contributed by atoms with Crippen LogP contribution in [0.1, 0.15) is 11.1 Å². The van der Waals surface area contributed by atoms with Gasteiger partial charge in [0.15, 0.2) is 5.75 Å². The van der Waals surface area contributed by atoms with E-state index in [1.165, 1.54) is 18.2 Å². The zero-order chi connectivity index (χ0) is 20.0. The van der Waals surface area contributed by atoms with Gasteiger partial charge in [0.25, 0.3) is 5.91 Å². The predicted molar refractivity (Wildman–Crippen MR) is 100 cm³/mol. The molecule has 0 aliphatic rings. The molecule has 0 aromatic heterocycles. The van der Waals surface area contributed by atoms with Gasteiger partial charge in [-0.25, -0.2) is 0 Å². The zero-order valence-corrected chi connectivity index (χ0v) is 15.6. The van der Waals surface area contributed by atoms with Gasteiger partial charge in [-0.05, 0) is 48.4 Å². The monoisotopic (exact) mass is 403 g/mol. The summed E-state index contributed by atoms with van der Waals surface area (Å²) in [6, 6.07) is 11.8. The van der Waals surface area contributed by atoms with Crippen LogP contribution in [-0.4, -0.2) is 18.5 Å². The Morgan fingerprint density at radius 3 is 2.48 bits per heavy atom. The Bertz CT molecular complexity index is 941. The first kappa shape index (κ1) is 20.3.